The van der Waals surface area contributed by atoms with E-state index >= 15 is 0 Å². The molecule has 0 aliphatic heterocycles. The minimum absolute atomic E-state index is 0.0930. The van der Waals surface area contributed by atoms with E-state index in [2.05, 4.69) is 0 Å². The van der Waals surface area contributed by atoms with Gasteiger partial charge in [0.25, 0.3) is 0 Å². The molecule has 100 valence electrons. The van der Waals surface area contributed by atoms with E-state index in [1.54, 1.807) is 24.3 Å². The Kier molecular flexibility index (Phi) is 4.51. The van der Waals surface area contributed by atoms with E-state index in [4.69, 9.17) is 17.3 Å². The van der Waals surface area contributed by atoms with Crippen LogP contribution in [0.5, 0.6) is 0 Å². The van der Waals surface area contributed by atoms with Crippen molar-refractivity contribution in [3.8, 4) is 0 Å². The Morgan fingerprint density at radius 3 is 2.53 bits per heavy atom. The lowest BCUT2D eigenvalue weighted by Crippen LogP contribution is -2.26. The second-order valence-corrected chi connectivity index (χ2v) is 4.92. The van der Waals surface area contributed by atoms with E-state index < -0.39 is 5.82 Å². The molecule has 0 heterocycles. The van der Waals surface area contributed by atoms with Gasteiger partial charge in [-0.3, -0.25) is 0 Å². The minimum atomic E-state index is -0.432. The summed E-state index contributed by atoms with van der Waals surface area (Å²) in [6.07, 6.45) is 0.854. The fraction of sp³-hybridized carbons (Fsp3) is 0.200. The van der Waals surface area contributed by atoms with Crippen molar-refractivity contribution in [3.63, 3.8) is 0 Å². The maximum atomic E-state index is 13.7. The second-order valence-electron chi connectivity index (χ2n) is 4.51. The maximum absolute atomic E-state index is 13.7. The van der Waals surface area contributed by atoms with Crippen LogP contribution in [-0.2, 0) is 12.8 Å². The summed E-state index contributed by atoms with van der Waals surface area (Å²) in [5.74, 6) is -0.725. The van der Waals surface area contributed by atoms with E-state index in [0.717, 1.165) is 5.56 Å². The first-order chi connectivity index (χ1) is 9.06. The molecule has 4 heteroatoms. The van der Waals surface area contributed by atoms with Crippen LogP contribution in [0.4, 0.5) is 8.78 Å². The van der Waals surface area contributed by atoms with Gasteiger partial charge in [0.15, 0.2) is 0 Å². The molecule has 2 N–H and O–H groups in total. The summed E-state index contributed by atoms with van der Waals surface area (Å²) in [4.78, 5) is 0. The summed E-state index contributed by atoms with van der Waals surface area (Å²) in [5, 5.41) is 0.0930. The van der Waals surface area contributed by atoms with E-state index in [0.29, 0.717) is 18.4 Å². The molecule has 2 rings (SSSR count). The molecular weight excluding hydrogens is 268 g/mol. The first-order valence-corrected chi connectivity index (χ1v) is 6.37. The van der Waals surface area contributed by atoms with Crippen LogP contribution in [-0.4, -0.2) is 6.04 Å². The van der Waals surface area contributed by atoms with Gasteiger partial charge in [-0.15, -0.1) is 0 Å². The molecule has 19 heavy (non-hydrogen) atoms. The monoisotopic (exact) mass is 281 g/mol. The fourth-order valence-electron chi connectivity index (χ4n) is 2.03. The summed E-state index contributed by atoms with van der Waals surface area (Å²) in [6, 6.07) is 10.8. The van der Waals surface area contributed by atoms with Gasteiger partial charge < -0.3 is 5.73 Å². The van der Waals surface area contributed by atoms with Gasteiger partial charge >= 0.3 is 0 Å². The van der Waals surface area contributed by atoms with Crippen LogP contribution in [0.1, 0.15) is 11.1 Å². The van der Waals surface area contributed by atoms with Crippen LogP contribution in [0.25, 0.3) is 0 Å². The Balaban J connectivity index is 2.05. The Morgan fingerprint density at radius 1 is 1.05 bits per heavy atom. The number of hydrogen-bond acceptors (Lipinski definition) is 1. The van der Waals surface area contributed by atoms with Gasteiger partial charge in [-0.2, -0.15) is 0 Å². The van der Waals surface area contributed by atoms with Crippen LogP contribution in [0.15, 0.2) is 42.5 Å². The predicted octanol–water partition coefficient (Wildman–Crippen LogP) is 3.73. The highest BCUT2D eigenvalue weighted by Gasteiger charge is 2.11. The standard InChI is InChI=1S/C15H14ClF2N/c16-14-6-2-4-11(15(14)18)9-13(19)8-10-3-1-5-12(17)7-10/h1-7,13H,8-9,19H2. The summed E-state index contributed by atoms with van der Waals surface area (Å²) < 4.78 is 26.8. The number of benzene rings is 2. The molecule has 0 aliphatic rings. The molecule has 0 saturated heterocycles. The highest BCUT2D eigenvalue weighted by Crippen LogP contribution is 2.19. The zero-order valence-corrected chi connectivity index (χ0v) is 11.0. The smallest absolute Gasteiger partial charge is 0.145 e. The minimum Gasteiger partial charge on any atom is -0.327 e. The van der Waals surface area contributed by atoms with Crippen molar-refractivity contribution in [2.45, 2.75) is 18.9 Å². The molecule has 1 nitrogen and oxygen atoms in total. The van der Waals surface area contributed by atoms with Gasteiger partial charge in [0.1, 0.15) is 11.6 Å². The van der Waals surface area contributed by atoms with E-state index in [1.807, 2.05) is 0 Å². The van der Waals surface area contributed by atoms with E-state index in [-0.39, 0.29) is 16.9 Å². The largest absolute Gasteiger partial charge is 0.327 e. The molecule has 0 saturated carbocycles. The third-order valence-electron chi connectivity index (χ3n) is 2.90. The van der Waals surface area contributed by atoms with Gasteiger partial charge in [0, 0.05) is 6.04 Å². The molecule has 1 unspecified atom stereocenters. The van der Waals surface area contributed by atoms with Crippen LogP contribution in [0.2, 0.25) is 5.02 Å². The zero-order valence-electron chi connectivity index (χ0n) is 10.2. The normalized spacial score (nSPS) is 12.4. The first-order valence-electron chi connectivity index (χ1n) is 5.99. The molecule has 2 aromatic carbocycles. The molecule has 0 amide bonds. The summed E-state index contributed by atoms with van der Waals surface area (Å²) in [6.45, 7) is 0. The average molecular weight is 282 g/mol. The molecular formula is C15H14ClF2N. The Hall–Kier alpha value is -1.45. The third-order valence-corrected chi connectivity index (χ3v) is 3.19. The van der Waals surface area contributed by atoms with Gasteiger partial charge in [0.2, 0.25) is 0 Å². The summed E-state index contributed by atoms with van der Waals surface area (Å²) in [5.41, 5.74) is 7.26. The lowest BCUT2D eigenvalue weighted by atomic mass is 9.99. The van der Waals surface area contributed by atoms with Crippen LogP contribution in [0, 0.1) is 11.6 Å². The number of rotatable bonds is 4. The molecule has 1 atom stereocenters. The first kappa shape index (κ1) is 14.0. The van der Waals surface area contributed by atoms with Crippen molar-refractivity contribution in [2.75, 3.05) is 0 Å². The van der Waals surface area contributed by atoms with Gasteiger partial charge in [-0.05, 0) is 42.2 Å². The van der Waals surface area contributed by atoms with Crippen LogP contribution >= 0.6 is 11.6 Å². The topological polar surface area (TPSA) is 26.0 Å². The Bertz CT molecular complexity index is 572. The third kappa shape index (κ3) is 3.75. The average Bonchev–Trinajstić information content (AvgIpc) is 2.35. The molecule has 0 fully saturated rings. The SMILES string of the molecule is NC(Cc1cccc(F)c1)Cc1cccc(Cl)c1F. The molecule has 0 spiro atoms. The molecule has 2 aromatic rings. The Labute approximate surface area is 116 Å². The van der Waals surface area contributed by atoms with Crippen LogP contribution in [0.3, 0.4) is 0 Å². The number of nitrogens with two attached hydrogens (primary N) is 1. The number of hydrogen-bond donors (Lipinski definition) is 1. The number of halogens is 3. The maximum Gasteiger partial charge on any atom is 0.145 e. The molecule has 0 bridgehead atoms. The summed E-state index contributed by atoms with van der Waals surface area (Å²) in [7, 11) is 0. The van der Waals surface area contributed by atoms with Crippen LogP contribution < -0.4 is 5.73 Å². The molecule has 0 aromatic heterocycles. The lowest BCUT2D eigenvalue weighted by molar-refractivity contribution is 0.582. The summed E-state index contributed by atoms with van der Waals surface area (Å²) >= 11 is 5.71. The highest BCUT2D eigenvalue weighted by molar-refractivity contribution is 6.30. The van der Waals surface area contributed by atoms with Crippen molar-refractivity contribution in [1.82, 2.24) is 0 Å². The van der Waals surface area contributed by atoms with Crippen molar-refractivity contribution in [1.29, 1.82) is 0 Å². The van der Waals surface area contributed by atoms with Gasteiger partial charge in [-0.1, -0.05) is 35.9 Å². The van der Waals surface area contributed by atoms with Gasteiger partial charge in [-0.25, -0.2) is 8.78 Å². The van der Waals surface area contributed by atoms with Crippen molar-refractivity contribution < 1.29 is 8.78 Å². The van der Waals surface area contributed by atoms with Gasteiger partial charge in [0.05, 0.1) is 5.02 Å². The molecule has 0 aliphatic carbocycles. The quantitative estimate of drug-likeness (QED) is 0.908. The van der Waals surface area contributed by atoms with Crippen molar-refractivity contribution in [3.05, 3.63) is 70.2 Å². The van der Waals surface area contributed by atoms with Crippen molar-refractivity contribution in [2.24, 2.45) is 5.73 Å². The molecule has 0 radical (unpaired) electrons. The highest BCUT2D eigenvalue weighted by atomic mass is 35.5. The van der Waals surface area contributed by atoms with E-state index in [9.17, 15) is 8.78 Å². The lowest BCUT2D eigenvalue weighted by Gasteiger charge is -2.13. The fourth-order valence-corrected chi connectivity index (χ4v) is 2.22. The van der Waals surface area contributed by atoms with E-state index in [1.165, 1.54) is 18.2 Å². The Morgan fingerprint density at radius 2 is 1.79 bits per heavy atom. The zero-order chi connectivity index (χ0) is 13.8. The predicted molar refractivity (Wildman–Crippen MR) is 73.2 cm³/mol. The second kappa shape index (κ2) is 6.13. The van der Waals surface area contributed by atoms with Crippen molar-refractivity contribution >= 4 is 11.6 Å².